The second-order valence-corrected chi connectivity index (χ2v) is 5.44. The van der Waals surface area contributed by atoms with Crippen molar-refractivity contribution in [1.29, 1.82) is 0 Å². The lowest BCUT2D eigenvalue weighted by molar-refractivity contribution is -0.00895. The number of morpholine rings is 1. The molecule has 5 nitrogen and oxygen atoms in total. The fourth-order valence-corrected chi connectivity index (χ4v) is 2.66. The molecule has 6 heteroatoms. The number of halogens is 1. The lowest BCUT2D eigenvalue weighted by atomic mass is 10.1. The summed E-state index contributed by atoms with van der Waals surface area (Å²) in [6, 6.07) is 11.1. The third kappa shape index (κ3) is 3.75. The second-order valence-electron chi connectivity index (χ2n) is 5.44. The molecule has 3 rings (SSSR count). The topological polar surface area (TPSA) is 68.7 Å². The highest BCUT2D eigenvalue weighted by molar-refractivity contribution is 5.94. The van der Waals surface area contributed by atoms with E-state index in [4.69, 9.17) is 14.9 Å². The van der Waals surface area contributed by atoms with E-state index in [-0.39, 0.29) is 24.4 Å². The average Bonchev–Trinajstić information content (AvgIpc) is 3.00. The highest BCUT2D eigenvalue weighted by Crippen LogP contribution is 2.27. The summed E-state index contributed by atoms with van der Waals surface area (Å²) >= 11 is 0. The van der Waals surface area contributed by atoms with Crippen LogP contribution in [0.2, 0.25) is 0 Å². The Bertz CT molecular complexity index is 654. The van der Waals surface area contributed by atoms with Crippen LogP contribution in [0.25, 0.3) is 0 Å². The van der Waals surface area contributed by atoms with E-state index in [1.807, 2.05) is 48.2 Å². The monoisotopic (exact) mass is 336 g/mol. The summed E-state index contributed by atoms with van der Waals surface area (Å²) in [6.45, 7) is 3.93. The number of amides is 1. The quantitative estimate of drug-likeness (QED) is 0.935. The summed E-state index contributed by atoms with van der Waals surface area (Å²) in [5, 5.41) is 0. The van der Waals surface area contributed by atoms with Crippen LogP contribution >= 0.6 is 12.4 Å². The molecule has 0 bridgehead atoms. The first kappa shape index (κ1) is 17.5. The van der Waals surface area contributed by atoms with Gasteiger partial charge >= 0.3 is 0 Å². The van der Waals surface area contributed by atoms with E-state index < -0.39 is 0 Å². The minimum Gasteiger partial charge on any atom is -0.464 e. The third-order valence-electron chi connectivity index (χ3n) is 3.92. The smallest absolute Gasteiger partial charge is 0.254 e. The van der Waals surface area contributed by atoms with Crippen LogP contribution in [0.5, 0.6) is 0 Å². The van der Waals surface area contributed by atoms with E-state index in [1.54, 1.807) is 0 Å². The van der Waals surface area contributed by atoms with Gasteiger partial charge in [-0.05, 0) is 36.8 Å². The first-order valence-corrected chi connectivity index (χ1v) is 7.43. The SMILES string of the molecule is Cc1ccc(C2COCCN2C(=O)c2ccc(CN)cc2)o1.Cl. The number of ether oxygens (including phenoxy) is 1. The molecule has 2 heterocycles. The van der Waals surface area contributed by atoms with E-state index in [1.165, 1.54) is 0 Å². The normalized spacial score (nSPS) is 17.7. The number of hydrogen-bond donors (Lipinski definition) is 1. The number of benzene rings is 1. The highest BCUT2D eigenvalue weighted by Gasteiger charge is 2.31. The zero-order valence-electron chi connectivity index (χ0n) is 13.0. The van der Waals surface area contributed by atoms with Crippen LogP contribution in [0, 0.1) is 6.92 Å². The Hall–Kier alpha value is -1.82. The lowest BCUT2D eigenvalue weighted by Crippen LogP contribution is -2.43. The maximum Gasteiger partial charge on any atom is 0.254 e. The Morgan fingerprint density at radius 3 is 2.61 bits per heavy atom. The molecule has 1 saturated heterocycles. The standard InChI is InChI=1S/C17H20N2O3.ClH/c1-12-2-7-16(22-12)15-11-21-9-8-19(15)17(20)14-5-3-13(10-18)4-6-14;/h2-7,15H,8-11,18H2,1H3;1H. The van der Waals surface area contributed by atoms with Gasteiger partial charge in [-0.3, -0.25) is 4.79 Å². The van der Waals surface area contributed by atoms with E-state index in [2.05, 4.69) is 0 Å². The zero-order valence-corrected chi connectivity index (χ0v) is 13.8. The molecule has 1 unspecified atom stereocenters. The predicted octanol–water partition coefficient (Wildman–Crippen LogP) is 2.68. The molecule has 23 heavy (non-hydrogen) atoms. The molecular weight excluding hydrogens is 316 g/mol. The van der Waals surface area contributed by atoms with Gasteiger partial charge in [-0.1, -0.05) is 12.1 Å². The van der Waals surface area contributed by atoms with Crippen molar-refractivity contribution in [1.82, 2.24) is 4.90 Å². The van der Waals surface area contributed by atoms with Crippen LogP contribution < -0.4 is 5.73 Å². The van der Waals surface area contributed by atoms with Crippen molar-refractivity contribution in [3.63, 3.8) is 0 Å². The molecule has 0 saturated carbocycles. The van der Waals surface area contributed by atoms with E-state index in [9.17, 15) is 4.79 Å². The Balaban J connectivity index is 0.00000192. The van der Waals surface area contributed by atoms with Gasteiger partial charge in [-0.2, -0.15) is 0 Å². The number of aryl methyl sites for hydroxylation is 1. The number of nitrogens with two attached hydrogens (primary N) is 1. The largest absolute Gasteiger partial charge is 0.464 e. The molecule has 0 spiro atoms. The van der Waals surface area contributed by atoms with Crippen molar-refractivity contribution in [2.24, 2.45) is 5.73 Å². The van der Waals surface area contributed by atoms with Crippen molar-refractivity contribution >= 4 is 18.3 Å². The van der Waals surface area contributed by atoms with Crippen LogP contribution in [-0.4, -0.2) is 30.6 Å². The van der Waals surface area contributed by atoms with Crippen LogP contribution in [0.15, 0.2) is 40.8 Å². The Morgan fingerprint density at radius 2 is 2.00 bits per heavy atom. The first-order chi connectivity index (χ1) is 10.7. The molecule has 1 amide bonds. The van der Waals surface area contributed by atoms with Gasteiger partial charge in [-0.15, -0.1) is 12.4 Å². The maximum atomic E-state index is 12.8. The molecular formula is C17H21ClN2O3. The van der Waals surface area contributed by atoms with Gasteiger partial charge in [-0.25, -0.2) is 0 Å². The molecule has 1 aromatic carbocycles. The van der Waals surface area contributed by atoms with Crippen LogP contribution in [0.4, 0.5) is 0 Å². The molecule has 1 aliphatic rings. The molecule has 1 aliphatic heterocycles. The number of rotatable bonds is 3. The number of carbonyl (C=O) groups excluding carboxylic acids is 1. The summed E-state index contributed by atoms with van der Waals surface area (Å²) in [4.78, 5) is 14.6. The van der Waals surface area contributed by atoms with Gasteiger partial charge in [0.15, 0.2) is 0 Å². The minimum atomic E-state index is -0.177. The van der Waals surface area contributed by atoms with Crippen LogP contribution in [0.3, 0.4) is 0 Å². The Labute approximate surface area is 141 Å². The van der Waals surface area contributed by atoms with E-state index >= 15 is 0 Å². The van der Waals surface area contributed by atoms with Crippen molar-refractivity contribution < 1.29 is 13.9 Å². The number of carbonyl (C=O) groups is 1. The van der Waals surface area contributed by atoms with Gasteiger partial charge in [0.25, 0.3) is 5.91 Å². The summed E-state index contributed by atoms with van der Waals surface area (Å²) < 4.78 is 11.2. The summed E-state index contributed by atoms with van der Waals surface area (Å²) in [5.41, 5.74) is 7.27. The molecule has 2 aromatic rings. The Morgan fingerprint density at radius 1 is 1.26 bits per heavy atom. The highest BCUT2D eigenvalue weighted by atomic mass is 35.5. The van der Waals surface area contributed by atoms with Crippen molar-refractivity contribution in [3.8, 4) is 0 Å². The van der Waals surface area contributed by atoms with Gasteiger partial charge in [0.1, 0.15) is 17.6 Å². The number of hydrogen-bond acceptors (Lipinski definition) is 4. The Kier molecular flexibility index (Phi) is 5.82. The molecule has 1 atom stereocenters. The average molecular weight is 337 g/mol. The van der Waals surface area contributed by atoms with Gasteiger partial charge in [0.2, 0.25) is 0 Å². The summed E-state index contributed by atoms with van der Waals surface area (Å²) in [6.07, 6.45) is 0. The molecule has 0 aliphatic carbocycles. The van der Waals surface area contributed by atoms with E-state index in [0.717, 1.165) is 17.1 Å². The summed E-state index contributed by atoms with van der Waals surface area (Å²) in [5.74, 6) is 1.59. The third-order valence-corrected chi connectivity index (χ3v) is 3.92. The zero-order chi connectivity index (χ0) is 15.5. The molecule has 1 aromatic heterocycles. The maximum absolute atomic E-state index is 12.8. The molecule has 124 valence electrons. The predicted molar refractivity (Wildman–Crippen MR) is 89.6 cm³/mol. The second kappa shape index (κ2) is 7.64. The molecule has 1 fully saturated rings. The van der Waals surface area contributed by atoms with Gasteiger partial charge < -0.3 is 19.8 Å². The van der Waals surface area contributed by atoms with Crippen LogP contribution in [0.1, 0.15) is 33.5 Å². The fraction of sp³-hybridized carbons (Fsp3) is 0.353. The van der Waals surface area contributed by atoms with Crippen molar-refractivity contribution in [2.75, 3.05) is 19.8 Å². The molecule has 2 N–H and O–H groups in total. The van der Waals surface area contributed by atoms with Crippen LogP contribution in [-0.2, 0) is 11.3 Å². The molecule has 0 radical (unpaired) electrons. The fourth-order valence-electron chi connectivity index (χ4n) is 2.66. The van der Waals surface area contributed by atoms with Crippen molar-refractivity contribution in [3.05, 3.63) is 59.0 Å². The van der Waals surface area contributed by atoms with E-state index in [0.29, 0.717) is 31.9 Å². The first-order valence-electron chi connectivity index (χ1n) is 7.43. The summed E-state index contributed by atoms with van der Waals surface area (Å²) in [7, 11) is 0. The van der Waals surface area contributed by atoms with Gasteiger partial charge in [0, 0.05) is 18.7 Å². The number of nitrogens with zero attached hydrogens (tertiary/aromatic N) is 1. The lowest BCUT2D eigenvalue weighted by Gasteiger charge is -2.34. The van der Waals surface area contributed by atoms with Crippen molar-refractivity contribution in [2.45, 2.75) is 19.5 Å². The minimum absolute atomic E-state index is 0. The number of furan rings is 1. The van der Waals surface area contributed by atoms with Gasteiger partial charge in [0.05, 0.1) is 13.2 Å².